The van der Waals surface area contributed by atoms with E-state index < -0.39 is 5.82 Å². The molecular weight excluding hydrogens is 216 g/mol. The third kappa shape index (κ3) is 4.30. The zero-order valence-corrected chi connectivity index (χ0v) is 8.99. The van der Waals surface area contributed by atoms with Gasteiger partial charge in [-0.05, 0) is 36.8 Å². The lowest BCUT2D eigenvalue weighted by Gasteiger charge is -2.02. The normalized spacial score (nSPS) is 9.93. The second-order valence-corrected chi connectivity index (χ2v) is 4.18. The Balaban J connectivity index is 2.37. The minimum absolute atomic E-state index is 0.340. The third-order valence-corrected chi connectivity index (χ3v) is 2.95. The lowest BCUT2D eigenvalue weighted by Crippen LogP contribution is -1.86. The van der Waals surface area contributed by atoms with E-state index in [2.05, 4.69) is 0 Å². The van der Waals surface area contributed by atoms with Gasteiger partial charge in [-0.25, -0.2) is 8.78 Å². The van der Waals surface area contributed by atoms with Gasteiger partial charge in [0.1, 0.15) is 11.6 Å². The van der Waals surface area contributed by atoms with Gasteiger partial charge in [0.2, 0.25) is 0 Å². The molecule has 0 aliphatic rings. The molecule has 0 unspecified atom stereocenters. The fraction of sp³-hybridized carbons (Fsp3) is 0.364. The molecule has 0 bridgehead atoms. The van der Waals surface area contributed by atoms with Crippen LogP contribution in [-0.2, 0) is 0 Å². The average molecular weight is 227 g/mol. The lowest BCUT2D eigenvalue weighted by molar-refractivity contribution is 0.577. The Morgan fingerprint density at radius 3 is 2.80 bits per heavy atom. The second kappa shape index (κ2) is 6.41. The van der Waals surface area contributed by atoms with Crippen LogP contribution in [0.4, 0.5) is 8.78 Å². The zero-order chi connectivity index (χ0) is 11.1. The summed E-state index contributed by atoms with van der Waals surface area (Å²) >= 11 is 1.29. The Hall–Kier alpha value is -1.08. The Morgan fingerprint density at radius 1 is 1.27 bits per heavy atom. The molecular formula is C11H11F2NS. The summed E-state index contributed by atoms with van der Waals surface area (Å²) in [5.74, 6) is -0.0974. The maximum absolute atomic E-state index is 13.1. The lowest BCUT2D eigenvalue weighted by atomic mass is 10.3. The molecule has 0 spiro atoms. The molecule has 1 aromatic carbocycles. The van der Waals surface area contributed by atoms with Crippen molar-refractivity contribution in [1.29, 1.82) is 5.26 Å². The second-order valence-electron chi connectivity index (χ2n) is 3.04. The zero-order valence-electron chi connectivity index (χ0n) is 8.17. The van der Waals surface area contributed by atoms with Crippen LogP contribution in [0.25, 0.3) is 0 Å². The highest BCUT2D eigenvalue weighted by molar-refractivity contribution is 7.99. The van der Waals surface area contributed by atoms with Crippen LogP contribution < -0.4 is 0 Å². The van der Waals surface area contributed by atoms with Crippen molar-refractivity contribution in [3.05, 3.63) is 29.8 Å². The van der Waals surface area contributed by atoms with Crippen molar-refractivity contribution in [3.8, 4) is 6.07 Å². The minimum Gasteiger partial charge on any atom is -0.207 e. The third-order valence-electron chi connectivity index (χ3n) is 1.83. The van der Waals surface area contributed by atoms with E-state index in [1.807, 2.05) is 6.07 Å². The van der Waals surface area contributed by atoms with E-state index in [4.69, 9.17) is 5.26 Å². The molecule has 0 fully saturated rings. The predicted octanol–water partition coefficient (Wildman–Crippen LogP) is 3.75. The van der Waals surface area contributed by atoms with E-state index in [0.29, 0.717) is 17.1 Å². The van der Waals surface area contributed by atoms with Crippen LogP contribution in [0.5, 0.6) is 0 Å². The minimum atomic E-state index is -0.420. The van der Waals surface area contributed by atoms with Gasteiger partial charge in [-0.3, -0.25) is 0 Å². The van der Waals surface area contributed by atoms with Crippen LogP contribution in [0.3, 0.4) is 0 Å². The first-order valence-electron chi connectivity index (χ1n) is 4.69. The van der Waals surface area contributed by atoms with Crippen LogP contribution in [0.15, 0.2) is 23.1 Å². The molecule has 1 rings (SSSR count). The molecule has 15 heavy (non-hydrogen) atoms. The predicted molar refractivity (Wildman–Crippen MR) is 56.5 cm³/mol. The number of rotatable bonds is 5. The van der Waals surface area contributed by atoms with Gasteiger partial charge >= 0.3 is 0 Å². The molecule has 0 aliphatic carbocycles. The molecule has 1 aromatic rings. The van der Waals surface area contributed by atoms with Gasteiger partial charge in [0.05, 0.1) is 6.07 Å². The highest BCUT2D eigenvalue weighted by atomic mass is 32.2. The van der Waals surface area contributed by atoms with Crippen LogP contribution in [-0.4, -0.2) is 5.75 Å². The van der Waals surface area contributed by atoms with Gasteiger partial charge in [0.25, 0.3) is 0 Å². The first kappa shape index (κ1) is 12.0. The van der Waals surface area contributed by atoms with Crippen LogP contribution in [0.2, 0.25) is 0 Å². The summed E-state index contributed by atoms with van der Waals surface area (Å²) < 4.78 is 25.9. The Bertz CT molecular complexity index is 360. The number of nitrogens with zero attached hydrogens (tertiary/aromatic N) is 1. The Morgan fingerprint density at radius 2 is 2.07 bits per heavy atom. The highest BCUT2D eigenvalue weighted by Crippen LogP contribution is 2.23. The van der Waals surface area contributed by atoms with E-state index in [0.717, 1.165) is 25.0 Å². The summed E-state index contributed by atoms with van der Waals surface area (Å²) in [4.78, 5) is 0.340. The summed E-state index contributed by atoms with van der Waals surface area (Å²) in [5.41, 5.74) is 0. The van der Waals surface area contributed by atoms with Gasteiger partial charge in [0.15, 0.2) is 0 Å². The Kier molecular flexibility index (Phi) is 5.13. The number of unbranched alkanes of at least 4 members (excludes halogenated alkanes) is 2. The van der Waals surface area contributed by atoms with Gasteiger partial charge < -0.3 is 0 Å². The maximum Gasteiger partial charge on any atom is 0.136 e. The molecule has 80 valence electrons. The summed E-state index contributed by atoms with van der Waals surface area (Å²) in [6.07, 6.45) is 2.17. The average Bonchev–Trinajstić information content (AvgIpc) is 2.23. The van der Waals surface area contributed by atoms with E-state index in [9.17, 15) is 8.78 Å². The van der Waals surface area contributed by atoms with Crippen molar-refractivity contribution < 1.29 is 8.78 Å². The van der Waals surface area contributed by atoms with Crippen molar-refractivity contribution in [1.82, 2.24) is 0 Å². The van der Waals surface area contributed by atoms with E-state index >= 15 is 0 Å². The molecule has 4 heteroatoms. The van der Waals surface area contributed by atoms with Crippen molar-refractivity contribution in [2.75, 3.05) is 5.75 Å². The molecule has 0 aromatic heterocycles. The largest absolute Gasteiger partial charge is 0.207 e. The Labute approximate surface area is 92.1 Å². The molecule has 0 N–H and O–H groups in total. The number of hydrogen-bond acceptors (Lipinski definition) is 2. The fourth-order valence-electron chi connectivity index (χ4n) is 1.08. The smallest absolute Gasteiger partial charge is 0.136 e. The number of nitriles is 1. The van der Waals surface area contributed by atoms with Crippen molar-refractivity contribution in [3.63, 3.8) is 0 Å². The first-order valence-corrected chi connectivity index (χ1v) is 5.67. The van der Waals surface area contributed by atoms with Crippen molar-refractivity contribution in [2.24, 2.45) is 0 Å². The molecule has 0 aliphatic heterocycles. The topological polar surface area (TPSA) is 23.8 Å². The van der Waals surface area contributed by atoms with Gasteiger partial charge in [0, 0.05) is 11.3 Å². The first-order chi connectivity index (χ1) is 7.24. The molecule has 0 saturated heterocycles. The van der Waals surface area contributed by atoms with Gasteiger partial charge in [-0.2, -0.15) is 5.26 Å². The summed E-state index contributed by atoms with van der Waals surface area (Å²) in [5, 5.41) is 8.30. The summed E-state index contributed by atoms with van der Waals surface area (Å²) in [6.45, 7) is 0. The number of hydrogen-bond donors (Lipinski definition) is 0. The van der Waals surface area contributed by atoms with E-state index in [1.165, 1.54) is 17.8 Å². The van der Waals surface area contributed by atoms with Crippen LogP contribution in [0.1, 0.15) is 19.3 Å². The van der Waals surface area contributed by atoms with Crippen molar-refractivity contribution >= 4 is 11.8 Å². The quantitative estimate of drug-likeness (QED) is 0.565. The number of halogens is 2. The number of benzene rings is 1. The van der Waals surface area contributed by atoms with E-state index in [1.54, 1.807) is 0 Å². The molecule has 0 radical (unpaired) electrons. The SMILES string of the molecule is N#CCCCCSc1cc(F)ccc1F. The molecule has 0 heterocycles. The molecule has 0 amide bonds. The highest BCUT2D eigenvalue weighted by Gasteiger charge is 2.03. The molecule has 0 saturated carbocycles. The maximum atomic E-state index is 13.1. The van der Waals surface area contributed by atoms with Crippen molar-refractivity contribution in [2.45, 2.75) is 24.2 Å². The monoisotopic (exact) mass is 227 g/mol. The number of thioether (sulfide) groups is 1. The molecule has 0 atom stereocenters. The summed E-state index contributed by atoms with van der Waals surface area (Å²) in [6, 6.07) is 5.48. The van der Waals surface area contributed by atoms with Crippen LogP contribution in [0, 0.1) is 23.0 Å². The van der Waals surface area contributed by atoms with E-state index in [-0.39, 0.29) is 5.82 Å². The standard InChI is InChI=1S/C11H11F2NS/c12-9-4-5-10(13)11(8-9)15-7-3-1-2-6-14/h4-5,8H,1-3,7H2. The van der Waals surface area contributed by atoms with Gasteiger partial charge in [-0.1, -0.05) is 0 Å². The summed E-state index contributed by atoms with van der Waals surface area (Å²) in [7, 11) is 0. The van der Waals surface area contributed by atoms with Crippen LogP contribution >= 0.6 is 11.8 Å². The fourth-order valence-corrected chi connectivity index (χ4v) is 2.05. The van der Waals surface area contributed by atoms with Gasteiger partial charge in [-0.15, -0.1) is 11.8 Å². The molecule has 1 nitrogen and oxygen atoms in total.